The van der Waals surface area contributed by atoms with Gasteiger partial charge in [-0.3, -0.25) is 24.6 Å². The number of aliphatic hydroxyl groups excluding tert-OH is 1. The topological polar surface area (TPSA) is 155 Å². The number of carbonyl (C=O) groups is 2. The second-order valence-corrected chi connectivity index (χ2v) is 11.5. The van der Waals surface area contributed by atoms with Crippen molar-refractivity contribution in [2.24, 2.45) is 5.92 Å². The average molecular weight is 619 g/mol. The van der Waals surface area contributed by atoms with Gasteiger partial charge in [-0.2, -0.15) is 0 Å². The van der Waals surface area contributed by atoms with Crippen LogP contribution in [0.5, 0.6) is 0 Å². The fraction of sp³-hybridized carbons (Fsp3) is 0.394. The Bertz CT molecular complexity index is 1470. The summed E-state index contributed by atoms with van der Waals surface area (Å²) in [4.78, 5) is 38.3. The van der Waals surface area contributed by atoms with Crippen LogP contribution in [0.1, 0.15) is 48.8 Å². The van der Waals surface area contributed by atoms with Gasteiger partial charge >= 0.3 is 5.97 Å². The van der Waals surface area contributed by atoms with Gasteiger partial charge in [0.2, 0.25) is 5.91 Å². The molecule has 2 aliphatic heterocycles. The molecule has 2 aliphatic rings. The van der Waals surface area contributed by atoms with E-state index in [0.717, 1.165) is 48.6 Å². The number of amides is 1. The van der Waals surface area contributed by atoms with Crippen LogP contribution in [-0.2, 0) is 25.7 Å². The van der Waals surface area contributed by atoms with Gasteiger partial charge in [0.05, 0.1) is 30.2 Å². The number of non-ortho nitro benzene ring substituents is 1. The lowest BCUT2D eigenvalue weighted by molar-refractivity contribution is -0.384. The largest absolute Gasteiger partial charge is 0.481 e. The molecule has 0 aliphatic carbocycles. The van der Waals surface area contributed by atoms with Crippen molar-refractivity contribution in [3.8, 4) is 0 Å². The number of nitro groups is 1. The zero-order valence-corrected chi connectivity index (χ0v) is 25.1. The maximum absolute atomic E-state index is 12.3. The third-order valence-electron chi connectivity index (χ3n) is 8.37. The molecule has 12 nitrogen and oxygen atoms in total. The Morgan fingerprint density at radius 2 is 1.67 bits per heavy atom. The van der Waals surface area contributed by atoms with E-state index in [-0.39, 0.29) is 49.2 Å². The summed E-state index contributed by atoms with van der Waals surface area (Å²) in [6, 6.07) is 21.5. The lowest BCUT2D eigenvalue weighted by atomic mass is 9.90. The van der Waals surface area contributed by atoms with Crippen LogP contribution < -0.4 is 10.2 Å². The van der Waals surface area contributed by atoms with E-state index >= 15 is 0 Å². The number of rotatable bonds is 11. The smallest absolute Gasteiger partial charge is 0.303 e. The van der Waals surface area contributed by atoms with Gasteiger partial charge in [-0.05, 0) is 35.4 Å². The molecule has 3 aromatic carbocycles. The summed E-state index contributed by atoms with van der Waals surface area (Å²) in [6.45, 7) is 5.87. The van der Waals surface area contributed by atoms with Gasteiger partial charge in [0.25, 0.3) is 5.69 Å². The molecule has 2 fully saturated rings. The molecule has 5 rings (SSSR count). The summed E-state index contributed by atoms with van der Waals surface area (Å²) >= 11 is 0. The highest BCUT2D eigenvalue weighted by atomic mass is 16.7. The number of hydrogen-bond acceptors (Lipinski definition) is 9. The van der Waals surface area contributed by atoms with Gasteiger partial charge < -0.3 is 29.9 Å². The normalized spacial score (nSPS) is 22.1. The Hall–Kier alpha value is -4.36. The van der Waals surface area contributed by atoms with Crippen molar-refractivity contribution >= 4 is 28.9 Å². The number of anilines is 2. The molecule has 0 saturated carbocycles. The molecular formula is C33H38N4O8. The molecule has 2 heterocycles. The number of ether oxygens (including phenoxy) is 2. The third-order valence-corrected chi connectivity index (χ3v) is 8.37. The van der Waals surface area contributed by atoms with Crippen molar-refractivity contribution in [3.05, 3.63) is 99.6 Å². The van der Waals surface area contributed by atoms with E-state index in [9.17, 15) is 24.8 Å². The Labute approximate surface area is 261 Å². The van der Waals surface area contributed by atoms with Crippen LogP contribution in [-0.4, -0.2) is 70.7 Å². The lowest BCUT2D eigenvalue weighted by Crippen LogP contribution is -2.51. The molecule has 0 radical (unpaired) electrons. The molecule has 1 amide bonds. The van der Waals surface area contributed by atoms with Crippen molar-refractivity contribution in [3.63, 3.8) is 0 Å². The minimum atomic E-state index is -1.03. The second-order valence-electron chi connectivity index (χ2n) is 11.5. The van der Waals surface area contributed by atoms with Crippen molar-refractivity contribution in [2.45, 2.75) is 44.9 Å². The number of carbonyl (C=O) groups excluding carboxylic acids is 1. The Morgan fingerprint density at radius 1 is 0.956 bits per heavy atom. The molecule has 0 spiro atoms. The minimum absolute atomic E-state index is 0.00664. The molecule has 4 atom stereocenters. The predicted molar refractivity (Wildman–Crippen MR) is 167 cm³/mol. The quantitative estimate of drug-likeness (QED) is 0.207. The summed E-state index contributed by atoms with van der Waals surface area (Å²) in [7, 11) is 0. The van der Waals surface area contributed by atoms with Crippen LogP contribution in [0.2, 0.25) is 0 Å². The average Bonchev–Trinajstić information content (AvgIpc) is 3.05. The van der Waals surface area contributed by atoms with Crippen LogP contribution >= 0.6 is 0 Å². The molecular weight excluding hydrogens is 580 g/mol. The molecule has 238 valence electrons. The van der Waals surface area contributed by atoms with E-state index in [1.807, 2.05) is 30.3 Å². The van der Waals surface area contributed by atoms with Crippen LogP contribution in [0.15, 0.2) is 72.8 Å². The Balaban J connectivity index is 1.30. The number of nitro benzene ring substituents is 1. The van der Waals surface area contributed by atoms with E-state index in [4.69, 9.17) is 14.6 Å². The number of piperazine rings is 1. The molecule has 12 heteroatoms. The van der Waals surface area contributed by atoms with Crippen LogP contribution in [0, 0.1) is 16.0 Å². The van der Waals surface area contributed by atoms with E-state index in [2.05, 4.69) is 22.0 Å². The first kappa shape index (κ1) is 32.0. The van der Waals surface area contributed by atoms with Crippen molar-refractivity contribution in [1.82, 2.24) is 4.90 Å². The number of aliphatic hydroxyl groups is 1. The number of nitrogens with zero attached hydrogens (tertiary/aromatic N) is 3. The highest BCUT2D eigenvalue weighted by molar-refractivity contribution is 5.92. The van der Waals surface area contributed by atoms with Gasteiger partial charge in [0.15, 0.2) is 6.29 Å². The second kappa shape index (κ2) is 14.6. The zero-order valence-electron chi connectivity index (χ0n) is 25.1. The van der Waals surface area contributed by atoms with Crippen molar-refractivity contribution in [1.29, 1.82) is 0 Å². The molecule has 3 aromatic rings. The van der Waals surface area contributed by atoms with Crippen LogP contribution in [0.3, 0.4) is 0 Å². The number of benzene rings is 3. The SMILES string of the molecule is C[C@@H]1[C@H](CN2CCN(c3ccc([N+](=O)[O-])cc3)CC2)O[C@H](c2cccc(NC(=O)CCC(=O)O)c2)O[C@@H]1c1ccc(CO)cc1. The third kappa shape index (κ3) is 8.22. The summed E-state index contributed by atoms with van der Waals surface area (Å²) in [6.07, 6.45) is -1.58. The summed E-state index contributed by atoms with van der Waals surface area (Å²) in [5.74, 6) is -1.43. The molecule has 3 N–H and O–H groups in total. The predicted octanol–water partition coefficient (Wildman–Crippen LogP) is 4.50. The minimum Gasteiger partial charge on any atom is -0.481 e. The standard InChI is InChI=1S/C33H38N4O8/c1-22-29(20-35-15-17-36(18-16-35)27-9-11-28(12-10-27)37(42)43)44-33(45-32(22)24-7-5-23(21-38)6-8-24)25-3-2-4-26(19-25)34-30(39)13-14-31(40)41/h2-12,19,22,29,32-33,38H,13-18,20-21H2,1H3,(H,34,39)(H,40,41)/t22-,29+,32+,33+/m1/s1. The Kier molecular flexibility index (Phi) is 10.4. The number of carboxylic acids is 1. The highest BCUT2D eigenvalue weighted by Crippen LogP contribution is 2.42. The van der Waals surface area contributed by atoms with Crippen molar-refractivity contribution in [2.75, 3.05) is 42.9 Å². The molecule has 0 aromatic heterocycles. The lowest BCUT2D eigenvalue weighted by Gasteiger charge is -2.44. The Morgan fingerprint density at radius 3 is 2.31 bits per heavy atom. The van der Waals surface area contributed by atoms with E-state index < -0.39 is 17.2 Å². The monoisotopic (exact) mass is 618 g/mol. The summed E-state index contributed by atoms with van der Waals surface area (Å²) in [5, 5.41) is 32.2. The molecule has 0 unspecified atom stereocenters. The zero-order chi connectivity index (χ0) is 31.9. The fourth-order valence-corrected chi connectivity index (χ4v) is 5.76. The van der Waals surface area contributed by atoms with Gasteiger partial charge in [-0.15, -0.1) is 0 Å². The number of aliphatic carboxylic acids is 1. The molecule has 0 bridgehead atoms. The van der Waals surface area contributed by atoms with E-state index in [1.54, 1.807) is 30.3 Å². The first-order valence-corrected chi connectivity index (χ1v) is 15.0. The summed E-state index contributed by atoms with van der Waals surface area (Å²) in [5.41, 5.74) is 4.06. The van der Waals surface area contributed by atoms with Gasteiger partial charge in [0, 0.05) is 74.1 Å². The van der Waals surface area contributed by atoms with Crippen molar-refractivity contribution < 1.29 is 34.2 Å². The molecule has 45 heavy (non-hydrogen) atoms. The number of nitrogens with one attached hydrogen (secondary N) is 1. The first-order valence-electron chi connectivity index (χ1n) is 15.0. The van der Waals surface area contributed by atoms with Gasteiger partial charge in [0.1, 0.15) is 0 Å². The van der Waals surface area contributed by atoms with E-state index in [0.29, 0.717) is 12.2 Å². The van der Waals surface area contributed by atoms with Crippen LogP contribution in [0.25, 0.3) is 0 Å². The number of carboxylic acid groups (broad SMARTS) is 1. The fourth-order valence-electron chi connectivity index (χ4n) is 5.76. The van der Waals surface area contributed by atoms with E-state index in [1.165, 1.54) is 12.1 Å². The highest BCUT2D eigenvalue weighted by Gasteiger charge is 2.39. The van der Waals surface area contributed by atoms with Gasteiger partial charge in [-0.1, -0.05) is 43.3 Å². The van der Waals surface area contributed by atoms with Gasteiger partial charge in [-0.25, -0.2) is 0 Å². The maximum atomic E-state index is 12.3. The first-order chi connectivity index (χ1) is 21.7. The number of hydrogen-bond donors (Lipinski definition) is 3. The summed E-state index contributed by atoms with van der Waals surface area (Å²) < 4.78 is 13.2. The molecule has 2 saturated heterocycles. The van der Waals surface area contributed by atoms with Crippen LogP contribution in [0.4, 0.5) is 17.1 Å². The maximum Gasteiger partial charge on any atom is 0.303 e.